The molecule has 2 aliphatic rings. The fourth-order valence-electron chi connectivity index (χ4n) is 5.91. The molecule has 3 aromatic carbocycles. The molecule has 3 aromatic rings. The Labute approximate surface area is 242 Å². The number of para-hydroxylation sites is 1. The zero-order chi connectivity index (χ0) is 28.3. The lowest BCUT2D eigenvalue weighted by molar-refractivity contribution is -0.122. The van der Waals surface area contributed by atoms with Crippen LogP contribution in [0.2, 0.25) is 0 Å². The summed E-state index contributed by atoms with van der Waals surface area (Å²) in [4.78, 5) is 23.1. The van der Waals surface area contributed by atoms with Crippen molar-refractivity contribution < 1.29 is 9.18 Å². The lowest BCUT2D eigenvalue weighted by Crippen LogP contribution is -2.48. The summed E-state index contributed by atoms with van der Waals surface area (Å²) in [6.07, 6.45) is 5.40. The average molecular weight is 556 g/mol. The molecule has 0 saturated carbocycles. The van der Waals surface area contributed by atoms with Crippen LogP contribution in [0.15, 0.2) is 82.7 Å². The molecule has 40 heavy (non-hydrogen) atoms. The Kier molecular flexibility index (Phi) is 8.46. The van der Waals surface area contributed by atoms with E-state index in [9.17, 15) is 4.79 Å². The number of hydrogen-bond acceptors (Lipinski definition) is 4. The molecule has 1 fully saturated rings. The number of amidine groups is 1. The van der Waals surface area contributed by atoms with E-state index >= 15 is 4.39 Å². The van der Waals surface area contributed by atoms with E-state index < -0.39 is 0 Å². The molecule has 1 amide bonds. The summed E-state index contributed by atoms with van der Waals surface area (Å²) in [7, 11) is 0. The summed E-state index contributed by atoms with van der Waals surface area (Å²) in [5.41, 5.74) is 4.58. The molecule has 1 unspecified atom stereocenters. The number of aliphatic imine (C=N–C) groups is 1. The molecule has 0 spiro atoms. The summed E-state index contributed by atoms with van der Waals surface area (Å²) in [5.74, 6) is -0.117. The third-order valence-electron chi connectivity index (χ3n) is 7.80. The van der Waals surface area contributed by atoms with Crippen LogP contribution in [0, 0.1) is 5.82 Å². The summed E-state index contributed by atoms with van der Waals surface area (Å²) in [5, 5.41) is 0.637. The minimum absolute atomic E-state index is 0.0326. The van der Waals surface area contributed by atoms with Crippen LogP contribution in [0.4, 0.5) is 15.8 Å². The number of nitrogens with zero attached hydrogens (tertiary/aromatic N) is 3. The zero-order valence-corrected chi connectivity index (χ0v) is 24.7. The third-order valence-corrected chi connectivity index (χ3v) is 8.80. The van der Waals surface area contributed by atoms with Crippen molar-refractivity contribution in [1.82, 2.24) is 4.90 Å². The van der Waals surface area contributed by atoms with Gasteiger partial charge in [0.25, 0.3) is 5.91 Å². The largest absolute Gasteiger partial charge is 0.366 e. The van der Waals surface area contributed by atoms with Gasteiger partial charge in [-0.05, 0) is 98.7 Å². The number of halogens is 1. The van der Waals surface area contributed by atoms with Crippen LogP contribution in [-0.4, -0.2) is 34.6 Å². The van der Waals surface area contributed by atoms with Gasteiger partial charge in [-0.25, -0.2) is 9.38 Å². The number of fused-ring (bicyclic) bond motifs is 1. The van der Waals surface area contributed by atoms with Gasteiger partial charge >= 0.3 is 0 Å². The first-order valence-corrected chi connectivity index (χ1v) is 15.1. The first-order chi connectivity index (χ1) is 19.3. The molecule has 2 heterocycles. The normalized spacial score (nSPS) is 20.4. The number of anilines is 1. The number of rotatable bonds is 8. The van der Waals surface area contributed by atoms with Crippen molar-refractivity contribution in [2.45, 2.75) is 64.8 Å². The van der Waals surface area contributed by atoms with Crippen molar-refractivity contribution in [2.24, 2.45) is 4.99 Å². The van der Waals surface area contributed by atoms with E-state index in [0.29, 0.717) is 28.1 Å². The minimum atomic E-state index is -0.297. The van der Waals surface area contributed by atoms with E-state index in [1.54, 1.807) is 17.0 Å². The van der Waals surface area contributed by atoms with Crippen LogP contribution < -0.4 is 4.90 Å². The van der Waals surface area contributed by atoms with Gasteiger partial charge in [0.05, 0.1) is 10.6 Å². The van der Waals surface area contributed by atoms with Crippen molar-refractivity contribution in [1.29, 1.82) is 0 Å². The second-order valence-electron chi connectivity index (χ2n) is 11.4. The van der Waals surface area contributed by atoms with Crippen LogP contribution in [-0.2, 0) is 11.2 Å². The highest BCUT2D eigenvalue weighted by atomic mass is 32.2. The number of carbonyl (C=O) groups is 1. The molecule has 208 valence electrons. The summed E-state index contributed by atoms with van der Waals surface area (Å²) >= 11 is 1.33. The maximum atomic E-state index is 15.6. The van der Waals surface area contributed by atoms with E-state index in [-0.39, 0.29) is 17.3 Å². The van der Waals surface area contributed by atoms with Crippen LogP contribution in [0.1, 0.15) is 69.6 Å². The maximum Gasteiger partial charge on any atom is 0.266 e. The molecule has 1 saturated heterocycles. The van der Waals surface area contributed by atoms with Gasteiger partial charge in [-0.2, -0.15) is 0 Å². The molecule has 4 nitrogen and oxygen atoms in total. The Morgan fingerprint density at radius 1 is 1.05 bits per heavy atom. The van der Waals surface area contributed by atoms with Gasteiger partial charge in [-0.1, -0.05) is 62.4 Å². The third kappa shape index (κ3) is 6.02. The summed E-state index contributed by atoms with van der Waals surface area (Å²) < 4.78 is 15.6. The Morgan fingerprint density at radius 3 is 2.45 bits per heavy atom. The lowest BCUT2D eigenvalue weighted by atomic mass is 9.79. The monoisotopic (exact) mass is 555 g/mol. The first kappa shape index (κ1) is 28.2. The lowest BCUT2D eigenvalue weighted by Gasteiger charge is -2.47. The number of carbonyl (C=O) groups excluding carboxylic acids is 1. The van der Waals surface area contributed by atoms with Crippen molar-refractivity contribution in [3.05, 3.63) is 100 Å². The van der Waals surface area contributed by atoms with Crippen molar-refractivity contribution in [2.75, 3.05) is 18.0 Å². The summed E-state index contributed by atoms with van der Waals surface area (Å²) in [6.45, 7) is 10.3. The van der Waals surface area contributed by atoms with E-state index in [1.807, 2.05) is 54.6 Å². The van der Waals surface area contributed by atoms with E-state index in [2.05, 4.69) is 44.7 Å². The second kappa shape index (κ2) is 12.0. The smallest absolute Gasteiger partial charge is 0.266 e. The van der Waals surface area contributed by atoms with Crippen molar-refractivity contribution in [3.63, 3.8) is 0 Å². The maximum absolute atomic E-state index is 15.6. The Morgan fingerprint density at radius 2 is 1.75 bits per heavy atom. The van der Waals surface area contributed by atoms with E-state index in [4.69, 9.17) is 4.99 Å². The average Bonchev–Trinajstić information content (AvgIpc) is 3.21. The fourth-order valence-corrected chi connectivity index (χ4v) is 6.92. The van der Waals surface area contributed by atoms with E-state index in [1.165, 1.54) is 17.3 Å². The van der Waals surface area contributed by atoms with Crippen molar-refractivity contribution in [3.8, 4) is 0 Å². The Bertz CT molecular complexity index is 1420. The highest BCUT2D eigenvalue weighted by molar-refractivity contribution is 8.18. The number of thioether (sulfide) groups is 1. The predicted octanol–water partition coefficient (Wildman–Crippen LogP) is 8.56. The highest BCUT2D eigenvalue weighted by Crippen LogP contribution is 2.45. The number of benzene rings is 3. The Hall–Kier alpha value is -3.38. The van der Waals surface area contributed by atoms with Crippen LogP contribution in [0.5, 0.6) is 0 Å². The van der Waals surface area contributed by atoms with Gasteiger partial charge in [0.15, 0.2) is 5.17 Å². The topological polar surface area (TPSA) is 35.9 Å². The molecule has 6 heteroatoms. The molecular weight excluding hydrogens is 517 g/mol. The Balaban J connectivity index is 1.45. The van der Waals surface area contributed by atoms with Crippen molar-refractivity contribution >= 4 is 40.3 Å². The zero-order valence-electron chi connectivity index (χ0n) is 23.9. The molecule has 2 aliphatic heterocycles. The van der Waals surface area contributed by atoms with Gasteiger partial charge in [-0.15, -0.1) is 0 Å². The molecule has 0 aromatic heterocycles. The number of amides is 1. The predicted molar refractivity (Wildman–Crippen MR) is 167 cm³/mol. The number of hydrogen-bond donors (Lipinski definition) is 0. The van der Waals surface area contributed by atoms with Gasteiger partial charge in [0.2, 0.25) is 0 Å². The van der Waals surface area contributed by atoms with E-state index in [0.717, 1.165) is 49.2 Å². The minimum Gasteiger partial charge on any atom is -0.366 e. The SMILES string of the molecule is CCCN1c2cc(F)c(/C=C3/SC(=Nc4ccccc4)N(CCCc4ccccc4)C3=O)cc2C(C)CC1(C)C. The molecule has 1 atom stereocenters. The van der Waals surface area contributed by atoms with Gasteiger partial charge in [0.1, 0.15) is 5.82 Å². The standard InChI is InChI=1S/C34H38FN3OS/c1-5-18-38-30-22-29(35)26(20-28(30)24(2)23-34(38,3)4)21-31-32(39)37(19-12-15-25-13-8-6-9-14-25)33(40-31)36-27-16-10-7-11-17-27/h6-11,13-14,16-17,20-22,24H,5,12,15,18-19,23H2,1-4H3/b31-21+,36-33?. The number of aryl methyl sites for hydroxylation is 1. The van der Waals surface area contributed by atoms with Gasteiger partial charge in [-0.3, -0.25) is 9.69 Å². The molecule has 0 bridgehead atoms. The molecule has 0 radical (unpaired) electrons. The molecule has 5 rings (SSSR count). The second-order valence-corrected chi connectivity index (χ2v) is 12.4. The van der Waals surface area contributed by atoms with Gasteiger partial charge < -0.3 is 4.90 Å². The van der Waals surface area contributed by atoms with Crippen LogP contribution >= 0.6 is 11.8 Å². The van der Waals surface area contributed by atoms with Crippen LogP contribution in [0.25, 0.3) is 6.08 Å². The molecule has 0 N–H and O–H groups in total. The van der Waals surface area contributed by atoms with Crippen LogP contribution in [0.3, 0.4) is 0 Å². The summed E-state index contributed by atoms with van der Waals surface area (Å²) in [6, 6.07) is 23.6. The van der Waals surface area contributed by atoms with Gasteiger partial charge in [0, 0.05) is 29.9 Å². The highest BCUT2D eigenvalue weighted by Gasteiger charge is 2.37. The molecular formula is C34H38FN3OS. The first-order valence-electron chi connectivity index (χ1n) is 14.3. The fraction of sp³-hybridized carbons (Fsp3) is 0.353. The molecule has 0 aliphatic carbocycles. The quantitative estimate of drug-likeness (QED) is 0.261.